The van der Waals surface area contributed by atoms with Crippen LogP contribution in [-0.2, 0) is 11.3 Å². The number of pyridine rings is 1. The zero-order chi connectivity index (χ0) is 20.6. The number of amides is 1. The predicted octanol–water partition coefficient (Wildman–Crippen LogP) is 4.66. The van der Waals surface area contributed by atoms with E-state index >= 15 is 0 Å². The van der Waals surface area contributed by atoms with Crippen LogP contribution in [-0.4, -0.2) is 17.1 Å². The summed E-state index contributed by atoms with van der Waals surface area (Å²) in [5.41, 5.74) is 2.64. The third kappa shape index (κ3) is 6.22. The van der Waals surface area contributed by atoms with Gasteiger partial charge in [-0.05, 0) is 60.9 Å². The Hall–Kier alpha value is -3.05. The van der Waals surface area contributed by atoms with Gasteiger partial charge in [0.2, 0.25) is 5.91 Å². The summed E-state index contributed by atoms with van der Waals surface area (Å²) in [6.07, 6.45) is 2.74. The number of carbonyl (C=O) groups excluding carboxylic acids is 1. The number of ether oxygens (including phenoxy) is 1. The molecule has 0 atom stereocenters. The van der Waals surface area contributed by atoms with Crippen LogP contribution < -0.4 is 15.6 Å². The number of rotatable bonds is 8. The number of hydrogen-bond donors (Lipinski definition) is 1. The number of carbonyl (C=O) groups is 1. The molecule has 29 heavy (non-hydrogen) atoms. The van der Waals surface area contributed by atoms with Gasteiger partial charge in [0.15, 0.2) is 0 Å². The fourth-order valence-electron chi connectivity index (χ4n) is 2.83. The molecule has 0 fully saturated rings. The highest BCUT2D eigenvalue weighted by Crippen LogP contribution is 2.21. The Morgan fingerprint density at radius 3 is 2.62 bits per heavy atom. The highest BCUT2D eigenvalue weighted by Gasteiger charge is 2.04. The molecule has 0 aliphatic heterocycles. The van der Waals surface area contributed by atoms with Crippen molar-refractivity contribution in [2.24, 2.45) is 0 Å². The molecule has 0 bridgehead atoms. The van der Waals surface area contributed by atoms with Gasteiger partial charge in [-0.2, -0.15) is 0 Å². The van der Waals surface area contributed by atoms with Gasteiger partial charge in [-0.15, -0.1) is 0 Å². The maximum absolute atomic E-state index is 12.1. The summed E-state index contributed by atoms with van der Waals surface area (Å²) in [7, 11) is 0. The van der Waals surface area contributed by atoms with Crippen molar-refractivity contribution in [2.45, 2.75) is 26.3 Å². The molecule has 0 unspecified atom stereocenters. The highest BCUT2D eigenvalue weighted by molar-refractivity contribution is 6.31. The molecule has 3 rings (SSSR count). The van der Waals surface area contributed by atoms with Crippen molar-refractivity contribution in [1.29, 1.82) is 0 Å². The van der Waals surface area contributed by atoms with Crippen molar-refractivity contribution in [3.8, 4) is 5.75 Å². The van der Waals surface area contributed by atoms with E-state index in [9.17, 15) is 9.59 Å². The quantitative estimate of drug-likeness (QED) is 0.549. The van der Waals surface area contributed by atoms with Gasteiger partial charge < -0.3 is 14.6 Å². The number of nitrogens with one attached hydrogen (secondary N) is 1. The average molecular weight is 411 g/mol. The van der Waals surface area contributed by atoms with Crippen molar-refractivity contribution < 1.29 is 9.53 Å². The minimum Gasteiger partial charge on any atom is -0.494 e. The summed E-state index contributed by atoms with van der Waals surface area (Å²) in [6.45, 7) is 2.88. The molecule has 0 aliphatic rings. The molecule has 5 nitrogen and oxygen atoms in total. The molecule has 0 radical (unpaired) electrons. The maximum Gasteiger partial charge on any atom is 0.250 e. The predicted molar refractivity (Wildman–Crippen MR) is 116 cm³/mol. The first-order chi connectivity index (χ1) is 14.0. The van der Waals surface area contributed by atoms with Crippen LogP contribution in [0.2, 0.25) is 5.02 Å². The molecule has 0 saturated heterocycles. The Labute approximate surface area is 174 Å². The highest BCUT2D eigenvalue weighted by atomic mass is 35.5. The van der Waals surface area contributed by atoms with Gasteiger partial charge in [-0.3, -0.25) is 9.59 Å². The van der Waals surface area contributed by atoms with E-state index in [1.54, 1.807) is 22.9 Å². The molecule has 0 saturated carbocycles. The lowest BCUT2D eigenvalue weighted by atomic mass is 10.2. The second-order valence-electron chi connectivity index (χ2n) is 6.77. The number of nitrogens with zero attached hydrogens (tertiary/aromatic N) is 1. The Morgan fingerprint density at radius 1 is 1.10 bits per heavy atom. The Bertz CT molecular complexity index is 1030. The fraction of sp³-hybridized carbons (Fsp3) is 0.217. The molecular formula is C23H23ClN2O3. The molecule has 1 aromatic heterocycles. The number of hydrogen-bond acceptors (Lipinski definition) is 3. The molecule has 6 heteroatoms. The topological polar surface area (TPSA) is 60.3 Å². The van der Waals surface area contributed by atoms with Gasteiger partial charge in [-0.1, -0.05) is 29.8 Å². The summed E-state index contributed by atoms with van der Waals surface area (Å²) < 4.78 is 7.29. The van der Waals surface area contributed by atoms with Gasteiger partial charge >= 0.3 is 0 Å². The minimum atomic E-state index is -0.0621. The van der Waals surface area contributed by atoms with E-state index in [0.717, 1.165) is 22.6 Å². The zero-order valence-electron chi connectivity index (χ0n) is 16.2. The number of benzene rings is 2. The minimum absolute atomic E-state index is 0.0409. The summed E-state index contributed by atoms with van der Waals surface area (Å²) in [6, 6.07) is 18.1. The Balaban J connectivity index is 1.42. The fourth-order valence-corrected chi connectivity index (χ4v) is 2.95. The number of aryl methyl sites for hydroxylation is 1. The van der Waals surface area contributed by atoms with Gasteiger partial charge in [-0.25, -0.2) is 0 Å². The van der Waals surface area contributed by atoms with E-state index in [-0.39, 0.29) is 11.5 Å². The van der Waals surface area contributed by atoms with Crippen LogP contribution in [0.15, 0.2) is 71.7 Å². The van der Waals surface area contributed by atoms with E-state index in [2.05, 4.69) is 5.32 Å². The van der Waals surface area contributed by atoms with Crippen LogP contribution in [0, 0.1) is 6.92 Å². The SMILES string of the molecule is Cc1cc(OCCCC(=O)Nc2ccc(Cn3ccccc3=O)cc2)ccc1Cl. The molecule has 3 aromatic rings. The monoisotopic (exact) mass is 410 g/mol. The lowest BCUT2D eigenvalue weighted by Gasteiger charge is -2.09. The first-order valence-electron chi connectivity index (χ1n) is 9.44. The van der Waals surface area contributed by atoms with Crippen LogP contribution in [0.1, 0.15) is 24.0 Å². The van der Waals surface area contributed by atoms with Crippen molar-refractivity contribution in [1.82, 2.24) is 4.57 Å². The molecule has 0 aliphatic carbocycles. The molecule has 2 aromatic carbocycles. The smallest absolute Gasteiger partial charge is 0.250 e. The van der Waals surface area contributed by atoms with Crippen molar-refractivity contribution >= 4 is 23.2 Å². The van der Waals surface area contributed by atoms with Crippen LogP contribution in [0.3, 0.4) is 0 Å². The van der Waals surface area contributed by atoms with Crippen molar-refractivity contribution in [3.05, 3.63) is 93.4 Å². The lowest BCUT2D eigenvalue weighted by molar-refractivity contribution is -0.116. The normalized spacial score (nSPS) is 10.6. The van der Waals surface area contributed by atoms with Crippen LogP contribution in [0.25, 0.3) is 0 Å². The number of anilines is 1. The zero-order valence-corrected chi connectivity index (χ0v) is 17.0. The first-order valence-corrected chi connectivity index (χ1v) is 9.82. The van der Waals surface area contributed by atoms with Crippen LogP contribution >= 0.6 is 11.6 Å². The first kappa shape index (κ1) is 20.7. The van der Waals surface area contributed by atoms with Crippen LogP contribution in [0.4, 0.5) is 5.69 Å². The molecular weight excluding hydrogens is 388 g/mol. The van der Waals surface area contributed by atoms with E-state index in [0.29, 0.717) is 31.0 Å². The third-order valence-corrected chi connectivity index (χ3v) is 4.86. The van der Waals surface area contributed by atoms with Crippen molar-refractivity contribution in [2.75, 3.05) is 11.9 Å². The molecule has 150 valence electrons. The summed E-state index contributed by atoms with van der Waals surface area (Å²) in [5, 5.41) is 3.59. The second kappa shape index (κ2) is 9.94. The molecule has 1 amide bonds. The van der Waals surface area contributed by atoms with Gasteiger partial charge in [0.25, 0.3) is 5.56 Å². The summed E-state index contributed by atoms with van der Waals surface area (Å²) in [5.74, 6) is 0.688. The van der Waals surface area contributed by atoms with Crippen molar-refractivity contribution in [3.63, 3.8) is 0 Å². The summed E-state index contributed by atoms with van der Waals surface area (Å²) in [4.78, 5) is 23.9. The van der Waals surface area contributed by atoms with E-state index in [4.69, 9.17) is 16.3 Å². The standard InChI is InChI=1S/C23H23ClN2O3/c1-17-15-20(11-12-21(17)24)29-14-4-5-22(27)25-19-9-7-18(8-10-19)16-26-13-3-2-6-23(26)28/h2-3,6-13,15H,4-5,14,16H2,1H3,(H,25,27). The van der Waals surface area contributed by atoms with Gasteiger partial charge in [0, 0.05) is 29.4 Å². The molecule has 1 N–H and O–H groups in total. The lowest BCUT2D eigenvalue weighted by Crippen LogP contribution is -2.18. The largest absolute Gasteiger partial charge is 0.494 e. The van der Waals surface area contributed by atoms with E-state index < -0.39 is 0 Å². The summed E-state index contributed by atoms with van der Waals surface area (Å²) >= 11 is 5.99. The van der Waals surface area contributed by atoms with E-state index in [1.165, 1.54) is 6.07 Å². The van der Waals surface area contributed by atoms with Gasteiger partial charge in [0.05, 0.1) is 13.2 Å². The van der Waals surface area contributed by atoms with E-state index in [1.807, 2.05) is 49.4 Å². The third-order valence-electron chi connectivity index (χ3n) is 4.44. The Morgan fingerprint density at radius 2 is 1.90 bits per heavy atom. The molecule has 0 spiro atoms. The molecule has 1 heterocycles. The second-order valence-corrected chi connectivity index (χ2v) is 7.18. The number of halogens is 1. The van der Waals surface area contributed by atoms with Gasteiger partial charge in [0.1, 0.15) is 5.75 Å². The average Bonchev–Trinajstić information content (AvgIpc) is 2.71. The Kier molecular flexibility index (Phi) is 7.09. The van der Waals surface area contributed by atoms with Crippen LogP contribution in [0.5, 0.6) is 5.75 Å². The number of aromatic nitrogens is 1. The maximum atomic E-state index is 12.1.